The summed E-state index contributed by atoms with van der Waals surface area (Å²) >= 11 is 0. The molecule has 1 saturated heterocycles. The minimum absolute atomic E-state index is 0.217. The summed E-state index contributed by atoms with van der Waals surface area (Å²) in [5.74, 6) is 0.217. The zero-order valence-corrected chi connectivity index (χ0v) is 11.1. The van der Waals surface area contributed by atoms with E-state index < -0.39 is 0 Å². The second-order valence-electron chi connectivity index (χ2n) is 4.90. The Labute approximate surface area is 112 Å². The molecule has 5 heteroatoms. The van der Waals surface area contributed by atoms with Crippen molar-refractivity contribution in [3.8, 4) is 0 Å². The topological polar surface area (TPSA) is 52.2 Å². The van der Waals surface area contributed by atoms with Crippen LogP contribution in [0.4, 0.5) is 0 Å². The maximum absolute atomic E-state index is 11.9. The lowest BCUT2D eigenvalue weighted by molar-refractivity contribution is -0.135. The number of likely N-dealkylation sites (N-methyl/N-ethyl adjacent to an activating group) is 1. The van der Waals surface area contributed by atoms with Crippen molar-refractivity contribution in [2.75, 3.05) is 26.2 Å². The van der Waals surface area contributed by atoms with Crippen LogP contribution in [0.3, 0.4) is 0 Å². The molecule has 0 aliphatic carbocycles. The number of carbonyl (C=O) groups excluding carboxylic acids is 1. The molecule has 0 bridgehead atoms. The van der Waals surface area contributed by atoms with Crippen LogP contribution < -0.4 is 0 Å². The normalized spacial score (nSPS) is 17.3. The van der Waals surface area contributed by atoms with Crippen molar-refractivity contribution >= 4 is 16.9 Å². The van der Waals surface area contributed by atoms with E-state index >= 15 is 0 Å². The Morgan fingerprint density at radius 3 is 3.00 bits per heavy atom. The summed E-state index contributed by atoms with van der Waals surface area (Å²) in [4.78, 5) is 23.6. The van der Waals surface area contributed by atoms with Gasteiger partial charge in [-0.15, -0.1) is 0 Å². The summed E-state index contributed by atoms with van der Waals surface area (Å²) in [6.45, 7) is 5.80. The number of hydrogen-bond acceptors (Lipinski definition) is 3. The zero-order valence-electron chi connectivity index (χ0n) is 11.1. The van der Waals surface area contributed by atoms with Gasteiger partial charge in [-0.05, 0) is 25.1 Å². The molecule has 1 fully saturated rings. The molecule has 3 rings (SSSR count). The Morgan fingerprint density at radius 1 is 1.32 bits per heavy atom. The zero-order chi connectivity index (χ0) is 13.2. The van der Waals surface area contributed by atoms with Gasteiger partial charge in [0.1, 0.15) is 5.65 Å². The number of fused-ring (bicyclic) bond motifs is 1. The van der Waals surface area contributed by atoms with Crippen LogP contribution in [0.25, 0.3) is 11.0 Å². The van der Waals surface area contributed by atoms with Crippen molar-refractivity contribution in [3.05, 3.63) is 30.1 Å². The molecule has 1 aliphatic rings. The number of hydrogen-bond donors (Lipinski definition) is 1. The minimum Gasteiger partial charge on any atom is -0.346 e. The number of carbonyl (C=O) groups is 1. The fraction of sp³-hybridized carbons (Fsp3) is 0.429. The molecule has 2 aromatic rings. The van der Waals surface area contributed by atoms with Crippen LogP contribution >= 0.6 is 0 Å². The standard InChI is InChI=1S/C14H18N4O/c1-2-18-8-7-17(10-13(18)19)9-12-4-3-11-5-6-15-14(11)16-12/h3-6H,2,7-10H2,1H3,(H,15,16). The van der Waals surface area contributed by atoms with Crippen molar-refractivity contribution in [2.24, 2.45) is 0 Å². The molecule has 0 radical (unpaired) electrons. The number of pyridine rings is 1. The number of H-pyrrole nitrogens is 1. The van der Waals surface area contributed by atoms with Gasteiger partial charge >= 0.3 is 0 Å². The van der Waals surface area contributed by atoms with Crippen molar-refractivity contribution in [1.82, 2.24) is 19.8 Å². The van der Waals surface area contributed by atoms with Crippen molar-refractivity contribution in [3.63, 3.8) is 0 Å². The van der Waals surface area contributed by atoms with Crippen LogP contribution in [-0.2, 0) is 11.3 Å². The number of piperazine rings is 1. The lowest BCUT2D eigenvalue weighted by Crippen LogP contribution is -2.49. The Hall–Kier alpha value is -1.88. The SMILES string of the molecule is CCN1CCN(Cc2ccc3cc[nH]c3n2)CC1=O. The lowest BCUT2D eigenvalue weighted by atomic mass is 10.2. The van der Waals surface area contributed by atoms with Crippen LogP contribution in [0.1, 0.15) is 12.6 Å². The average molecular weight is 258 g/mol. The molecule has 2 aromatic heterocycles. The molecule has 5 nitrogen and oxygen atoms in total. The maximum atomic E-state index is 11.9. The summed E-state index contributed by atoms with van der Waals surface area (Å²) in [6, 6.07) is 6.11. The van der Waals surface area contributed by atoms with Crippen molar-refractivity contribution in [1.29, 1.82) is 0 Å². The van der Waals surface area contributed by atoms with Gasteiger partial charge in [-0.25, -0.2) is 4.98 Å². The van der Waals surface area contributed by atoms with Gasteiger partial charge in [-0.1, -0.05) is 0 Å². The van der Waals surface area contributed by atoms with Gasteiger partial charge in [0.15, 0.2) is 0 Å². The predicted molar refractivity (Wildman–Crippen MR) is 73.6 cm³/mol. The molecule has 0 unspecified atom stereocenters. The summed E-state index contributed by atoms with van der Waals surface area (Å²) in [5, 5.41) is 1.12. The molecular weight excluding hydrogens is 240 g/mol. The Bertz CT molecular complexity index is 592. The highest BCUT2D eigenvalue weighted by molar-refractivity contribution is 5.79. The van der Waals surface area contributed by atoms with E-state index in [9.17, 15) is 4.79 Å². The molecule has 1 amide bonds. The van der Waals surface area contributed by atoms with E-state index in [0.29, 0.717) is 6.54 Å². The largest absolute Gasteiger partial charge is 0.346 e. The van der Waals surface area contributed by atoms with E-state index in [2.05, 4.69) is 20.9 Å². The molecule has 1 aliphatic heterocycles. The molecule has 19 heavy (non-hydrogen) atoms. The highest BCUT2D eigenvalue weighted by Crippen LogP contribution is 2.13. The van der Waals surface area contributed by atoms with Gasteiger partial charge in [0.25, 0.3) is 0 Å². The molecule has 0 aromatic carbocycles. The summed E-state index contributed by atoms with van der Waals surface area (Å²) < 4.78 is 0. The minimum atomic E-state index is 0.217. The first-order valence-corrected chi connectivity index (χ1v) is 6.69. The van der Waals surface area contributed by atoms with E-state index in [1.165, 1.54) is 0 Å². The lowest BCUT2D eigenvalue weighted by Gasteiger charge is -2.33. The predicted octanol–water partition coefficient (Wildman–Crippen LogP) is 1.23. The number of rotatable bonds is 3. The summed E-state index contributed by atoms with van der Waals surface area (Å²) in [7, 11) is 0. The second-order valence-corrected chi connectivity index (χ2v) is 4.90. The molecular formula is C14H18N4O. The van der Waals surface area contributed by atoms with Gasteiger partial charge in [0, 0.05) is 37.8 Å². The number of amides is 1. The number of nitrogens with one attached hydrogen (secondary N) is 1. The van der Waals surface area contributed by atoms with E-state index in [-0.39, 0.29) is 5.91 Å². The molecule has 100 valence electrons. The van der Waals surface area contributed by atoms with Crippen LogP contribution in [0.5, 0.6) is 0 Å². The Morgan fingerprint density at radius 2 is 2.21 bits per heavy atom. The molecule has 0 spiro atoms. The molecule has 1 N–H and O–H groups in total. The van der Waals surface area contributed by atoms with Gasteiger partial charge in [-0.2, -0.15) is 0 Å². The Kier molecular flexibility index (Phi) is 3.21. The van der Waals surface area contributed by atoms with Crippen LogP contribution in [-0.4, -0.2) is 51.9 Å². The maximum Gasteiger partial charge on any atom is 0.236 e. The second kappa shape index (κ2) is 5.01. The van der Waals surface area contributed by atoms with E-state index in [4.69, 9.17) is 0 Å². The third-order valence-electron chi connectivity index (χ3n) is 3.63. The van der Waals surface area contributed by atoms with Gasteiger partial charge in [0.05, 0.1) is 12.2 Å². The van der Waals surface area contributed by atoms with Crippen LogP contribution in [0.2, 0.25) is 0 Å². The fourth-order valence-electron chi connectivity index (χ4n) is 2.51. The fourth-order valence-corrected chi connectivity index (χ4v) is 2.51. The molecule has 3 heterocycles. The van der Waals surface area contributed by atoms with E-state index in [0.717, 1.165) is 42.9 Å². The first kappa shape index (κ1) is 12.2. The van der Waals surface area contributed by atoms with Gasteiger partial charge in [-0.3, -0.25) is 9.69 Å². The highest BCUT2D eigenvalue weighted by atomic mass is 16.2. The van der Waals surface area contributed by atoms with Gasteiger partial charge < -0.3 is 9.88 Å². The highest BCUT2D eigenvalue weighted by Gasteiger charge is 2.22. The monoisotopic (exact) mass is 258 g/mol. The summed E-state index contributed by atoms with van der Waals surface area (Å²) in [5.41, 5.74) is 1.92. The number of nitrogens with zero attached hydrogens (tertiary/aromatic N) is 3. The van der Waals surface area contributed by atoms with Crippen molar-refractivity contribution in [2.45, 2.75) is 13.5 Å². The molecule has 0 atom stereocenters. The van der Waals surface area contributed by atoms with Crippen LogP contribution in [0.15, 0.2) is 24.4 Å². The summed E-state index contributed by atoms with van der Waals surface area (Å²) in [6.07, 6.45) is 1.89. The van der Waals surface area contributed by atoms with E-state index in [1.807, 2.05) is 30.2 Å². The van der Waals surface area contributed by atoms with E-state index in [1.54, 1.807) is 0 Å². The third kappa shape index (κ3) is 2.46. The molecule has 0 saturated carbocycles. The third-order valence-corrected chi connectivity index (χ3v) is 3.63. The van der Waals surface area contributed by atoms with Crippen molar-refractivity contribution < 1.29 is 4.79 Å². The first-order valence-electron chi connectivity index (χ1n) is 6.69. The first-order chi connectivity index (χ1) is 9.26. The number of aromatic nitrogens is 2. The quantitative estimate of drug-likeness (QED) is 0.901. The number of aromatic amines is 1. The Balaban J connectivity index is 1.69. The van der Waals surface area contributed by atoms with Crippen LogP contribution in [0, 0.1) is 0 Å². The van der Waals surface area contributed by atoms with Gasteiger partial charge in [0.2, 0.25) is 5.91 Å². The smallest absolute Gasteiger partial charge is 0.236 e. The average Bonchev–Trinajstić information content (AvgIpc) is 2.86.